The molecule has 0 atom stereocenters. The van der Waals surface area contributed by atoms with E-state index >= 15 is 0 Å². The molecular formula is C19H26F3N3O2. The number of hydrogen-bond donors (Lipinski definition) is 1. The van der Waals surface area contributed by atoms with E-state index in [2.05, 4.69) is 11.9 Å². The van der Waals surface area contributed by atoms with Crippen LogP contribution in [0.25, 0.3) is 0 Å². The van der Waals surface area contributed by atoms with Gasteiger partial charge >= 0.3 is 6.18 Å². The summed E-state index contributed by atoms with van der Waals surface area (Å²) in [6.45, 7) is 11.0. The summed E-state index contributed by atoms with van der Waals surface area (Å²) in [4.78, 5) is 16.2. The van der Waals surface area contributed by atoms with Crippen molar-refractivity contribution in [2.24, 2.45) is 0 Å². The molecule has 1 aliphatic heterocycles. The second-order valence-corrected chi connectivity index (χ2v) is 6.64. The van der Waals surface area contributed by atoms with Crippen LogP contribution in [0.2, 0.25) is 0 Å². The van der Waals surface area contributed by atoms with Crippen molar-refractivity contribution >= 4 is 17.3 Å². The third-order valence-electron chi connectivity index (χ3n) is 4.26. The van der Waals surface area contributed by atoms with Crippen LogP contribution < -0.4 is 10.2 Å². The zero-order valence-corrected chi connectivity index (χ0v) is 15.7. The standard InChI is InChI=1S/C19H26F3N3O2/c1-4-24(12-14(2)3)13-18(26)23-16-11-15(19(20,21)22)5-6-17(16)25-7-9-27-10-8-25/h5-6,11H,2,4,7-10,12-13H2,1,3H3,(H,23,26). The molecule has 1 heterocycles. The first kappa shape index (κ1) is 21.2. The molecule has 27 heavy (non-hydrogen) atoms. The van der Waals surface area contributed by atoms with Gasteiger partial charge in [-0.05, 0) is 31.7 Å². The van der Waals surface area contributed by atoms with Gasteiger partial charge in [-0.3, -0.25) is 9.69 Å². The fourth-order valence-corrected chi connectivity index (χ4v) is 2.95. The summed E-state index contributed by atoms with van der Waals surface area (Å²) in [6.07, 6.45) is -4.47. The summed E-state index contributed by atoms with van der Waals surface area (Å²) in [5.41, 5.74) is 0.868. The SMILES string of the molecule is C=C(C)CN(CC)CC(=O)Nc1cc(C(F)(F)F)ccc1N1CCOCC1. The molecule has 0 radical (unpaired) electrons. The summed E-state index contributed by atoms with van der Waals surface area (Å²) in [5, 5.41) is 2.67. The average Bonchev–Trinajstić information content (AvgIpc) is 2.60. The topological polar surface area (TPSA) is 44.8 Å². The van der Waals surface area contributed by atoms with Gasteiger partial charge < -0.3 is 15.0 Å². The van der Waals surface area contributed by atoms with Crippen LogP contribution in [-0.2, 0) is 15.7 Å². The first-order valence-electron chi connectivity index (χ1n) is 8.91. The van der Waals surface area contributed by atoms with Crippen molar-refractivity contribution in [3.63, 3.8) is 0 Å². The number of hydrogen-bond acceptors (Lipinski definition) is 4. The first-order valence-corrected chi connectivity index (χ1v) is 8.91. The van der Waals surface area contributed by atoms with Crippen LogP contribution in [0.4, 0.5) is 24.5 Å². The summed E-state index contributed by atoms with van der Waals surface area (Å²) >= 11 is 0. The van der Waals surface area contributed by atoms with Gasteiger partial charge in [0, 0.05) is 19.6 Å². The van der Waals surface area contributed by atoms with Crippen LogP contribution in [0.5, 0.6) is 0 Å². The number of amides is 1. The minimum absolute atomic E-state index is 0.0855. The van der Waals surface area contributed by atoms with Crippen molar-refractivity contribution in [1.29, 1.82) is 0 Å². The highest BCUT2D eigenvalue weighted by Gasteiger charge is 2.32. The van der Waals surface area contributed by atoms with Crippen LogP contribution in [0.1, 0.15) is 19.4 Å². The lowest BCUT2D eigenvalue weighted by molar-refractivity contribution is -0.137. The molecule has 1 aromatic rings. The zero-order valence-electron chi connectivity index (χ0n) is 15.7. The minimum Gasteiger partial charge on any atom is -0.378 e. The van der Waals surface area contributed by atoms with Crippen LogP contribution in [-0.4, -0.2) is 56.7 Å². The fourth-order valence-electron chi connectivity index (χ4n) is 2.95. The Bertz CT molecular complexity index is 671. The largest absolute Gasteiger partial charge is 0.416 e. The fraction of sp³-hybridized carbons (Fsp3) is 0.526. The Balaban J connectivity index is 2.22. The van der Waals surface area contributed by atoms with E-state index in [1.165, 1.54) is 6.07 Å². The number of carbonyl (C=O) groups is 1. The predicted octanol–water partition coefficient (Wildman–Crippen LogP) is 3.38. The number of nitrogens with zero attached hydrogens (tertiary/aromatic N) is 2. The van der Waals surface area contributed by atoms with Crippen molar-refractivity contribution in [2.45, 2.75) is 20.0 Å². The minimum atomic E-state index is -4.47. The van der Waals surface area contributed by atoms with Gasteiger partial charge in [0.25, 0.3) is 0 Å². The maximum absolute atomic E-state index is 13.1. The van der Waals surface area contributed by atoms with E-state index < -0.39 is 11.7 Å². The van der Waals surface area contributed by atoms with E-state index in [9.17, 15) is 18.0 Å². The normalized spacial score (nSPS) is 15.1. The number of benzene rings is 1. The molecule has 0 bridgehead atoms. The van der Waals surface area contributed by atoms with Crippen molar-refractivity contribution in [3.05, 3.63) is 35.9 Å². The molecule has 1 aliphatic rings. The molecule has 8 heteroatoms. The lowest BCUT2D eigenvalue weighted by atomic mass is 10.1. The van der Waals surface area contributed by atoms with Crippen molar-refractivity contribution in [2.75, 3.05) is 56.2 Å². The van der Waals surface area contributed by atoms with Gasteiger partial charge in [0.2, 0.25) is 5.91 Å². The molecule has 1 aromatic carbocycles. The number of anilines is 2. The van der Waals surface area contributed by atoms with Crippen molar-refractivity contribution in [1.82, 2.24) is 4.90 Å². The number of halogens is 3. The molecule has 1 amide bonds. The van der Waals surface area contributed by atoms with Gasteiger partial charge in [0.1, 0.15) is 0 Å². The number of morpholine rings is 1. The molecule has 1 N–H and O–H groups in total. The van der Waals surface area contributed by atoms with Crippen LogP contribution >= 0.6 is 0 Å². The molecule has 5 nitrogen and oxygen atoms in total. The first-order chi connectivity index (χ1) is 12.7. The van der Waals surface area contributed by atoms with Crippen LogP contribution in [0.3, 0.4) is 0 Å². The molecule has 0 aromatic heterocycles. The number of rotatable bonds is 7. The monoisotopic (exact) mass is 385 g/mol. The van der Waals surface area contributed by atoms with Gasteiger partial charge in [-0.2, -0.15) is 13.2 Å². The maximum Gasteiger partial charge on any atom is 0.416 e. The highest BCUT2D eigenvalue weighted by Crippen LogP contribution is 2.35. The summed E-state index contributed by atoms with van der Waals surface area (Å²) < 4.78 is 44.7. The quantitative estimate of drug-likeness (QED) is 0.731. The molecule has 0 unspecified atom stereocenters. The number of alkyl halides is 3. The van der Waals surface area contributed by atoms with Crippen LogP contribution in [0, 0.1) is 0 Å². The van der Waals surface area contributed by atoms with E-state index in [0.29, 0.717) is 45.1 Å². The third-order valence-corrected chi connectivity index (χ3v) is 4.26. The predicted molar refractivity (Wildman–Crippen MR) is 100 cm³/mol. The molecular weight excluding hydrogens is 359 g/mol. The van der Waals surface area contributed by atoms with Gasteiger partial charge in [-0.15, -0.1) is 0 Å². The van der Waals surface area contributed by atoms with E-state index in [4.69, 9.17) is 4.74 Å². The average molecular weight is 385 g/mol. The maximum atomic E-state index is 13.1. The van der Waals surface area contributed by atoms with Crippen molar-refractivity contribution < 1.29 is 22.7 Å². The molecule has 0 spiro atoms. The Morgan fingerprint density at radius 1 is 1.30 bits per heavy atom. The highest BCUT2D eigenvalue weighted by molar-refractivity contribution is 5.95. The lowest BCUT2D eigenvalue weighted by Gasteiger charge is -2.31. The van der Waals surface area contributed by atoms with Gasteiger partial charge in [0.15, 0.2) is 0 Å². The second kappa shape index (κ2) is 9.23. The van der Waals surface area contributed by atoms with E-state index in [-0.39, 0.29) is 18.1 Å². The zero-order chi connectivity index (χ0) is 20.0. The Morgan fingerprint density at radius 3 is 2.52 bits per heavy atom. The van der Waals surface area contributed by atoms with Crippen molar-refractivity contribution in [3.8, 4) is 0 Å². The summed E-state index contributed by atoms with van der Waals surface area (Å²) in [5.74, 6) is -0.355. The van der Waals surface area contributed by atoms with Crippen LogP contribution in [0.15, 0.2) is 30.4 Å². The van der Waals surface area contributed by atoms with Gasteiger partial charge in [-0.25, -0.2) is 0 Å². The Kier molecular flexibility index (Phi) is 7.26. The third kappa shape index (κ3) is 6.25. The smallest absolute Gasteiger partial charge is 0.378 e. The highest BCUT2D eigenvalue weighted by atomic mass is 19.4. The Morgan fingerprint density at radius 2 is 1.96 bits per heavy atom. The lowest BCUT2D eigenvalue weighted by Crippen LogP contribution is -2.38. The van der Waals surface area contributed by atoms with Gasteiger partial charge in [-0.1, -0.05) is 19.1 Å². The summed E-state index contributed by atoms with van der Waals surface area (Å²) in [7, 11) is 0. The molecule has 150 valence electrons. The summed E-state index contributed by atoms with van der Waals surface area (Å²) in [6, 6.07) is 3.45. The van der Waals surface area contributed by atoms with E-state index in [1.54, 1.807) is 0 Å². The molecule has 1 fully saturated rings. The second-order valence-electron chi connectivity index (χ2n) is 6.64. The van der Waals surface area contributed by atoms with E-state index in [0.717, 1.165) is 17.7 Å². The molecule has 1 saturated heterocycles. The van der Waals surface area contributed by atoms with Gasteiger partial charge in [0.05, 0.1) is 36.7 Å². The Hall–Kier alpha value is -2.06. The Labute approximate surface area is 157 Å². The molecule has 0 saturated carbocycles. The molecule has 2 rings (SSSR count). The number of ether oxygens (including phenoxy) is 1. The number of nitrogens with one attached hydrogen (secondary N) is 1. The van der Waals surface area contributed by atoms with E-state index in [1.807, 2.05) is 23.6 Å². The molecule has 0 aliphatic carbocycles. The number of likely N-dealkylation sites (N-methyl/N-ethyl adjacent to an activating group) is 1. The number of carbonyl (C=O) groups excluding carboxylic acids is 1.